The summed E-state index contributed by atoms with van der Waals surface area (Å²) in [5.74, 6) is 1.38. The largest absolute Gasteiger partial charge is 0.393 e. The van der Waals surface area contributed by atoms with Crippen LogP contribution in [-0.4, -0.2) is 36.2 Å². The molecule has 0 spiro atoms. The summed E-state index contributed by atoms with van der Waals surface area (Å²) in [5, 5.41) is 16.0. The third-order valence-corrected chi connectivity index (χ3v) is 4.76. The zero-order chi connectivity index (χ0) is 13.7. The van der Waals surface area contributed by atoms with Crippen LogP contribution >= 0.6 is 0 Å². The topological polar surface area (TPSA) is 61.4 Å². The Morgan fingerprint density at radius 2 is 1.84 bits per heavy atom. The van der Waals surface area contributed by atoms with E-state index in [-0.39, 0.29) is 18.1 Å². The number of carbonyl (C=O) groups excluding carboxylic acids is 1. The molecule has 1 heterocycles. The van der Waals surface area contributed by atoms with Crippen molar-refractivity contribution in [3.05, 3.63) is 0 Å². The van der Waals surface area contributed by atoms with Gasteiger partial charge in [-0.25, -0.2) is 0 Å². The smallest absolute Gasteiger partial charge is 0.220 e. The molecule has 1 unspecified atom stereocenters. The highest BCUT2D eigenvalue weighted by molar-refractivity contribution is 5.76. The molecule has 4 heteroatoms. The first-order valence-electron chi connectivity index (χ1n) is 7.83. The predicted octanol–water partition coefficient (Wildman–Crippen LogP) is 1.43. The molecule has 2 fully saturated rings. The summed E-state index contributed by atoms with van der Waals surface area (Å²) in [5.41, 5.74) is 0. The number of aliphatic hydroxyl groups is 1. The van der Waals surface area contributed by atoms with Crippen LogP contribution in [0.2, 0.25) is 0 Å². The number of aliphatic hydroxyl groups excluding tert-OH is 1. The fourth-order valence-electron chi connectivity index (χ4n) is 3.38. The van der Waals surface area contributed by atoms with E-state index in [0.717, 1.165) is 38.8 Å². The molecular weight excluding hydrogens is 240 g/mol. The fraction of sp³-hybridized carbons (Fsp3) is 0.933. The van der Waals surface area contributed by atoms with Crippen molar-refractivity contribution in [3.8, 4) is 0 Å². The van der Waals surface area contributed by atoms with Crippen LogP contribution in [0.15, 0.2) is 0 Å². The Morgan fingerprint density at radius 1 is 1.21 bits per heavy atom. The molecule has 1 aliphatic heterocycles. The molecule has 0 radical (unpaired) electrons. The fourth-order valence-corrected chi connectivity index (χ4v) is 3.38. The summed E-state index contributed by atoms with van der Waals surface area (Å²) in [6, 6.07) is 0.288. The minimum absolute atomic E-state index is 0.151. The van der Waals surface area contributed by atoms with Gasteiger partial charge in [0.25, 0.3) is 0 Å². The van der Waals surface area contributed by atoms with Gasteiger partial charge in [-0.1, -0.05) is 6.92 Å². The summed E-state index contributed by atoms with van der Waals surface area (Å²) < 4.78 is 0. The lowest BCUT2D eigenvalue weighted by Gasteiger charge is -2.29. The van der Waals surface area contributed by atoms with Crippen molar-refractivity contribution < 1.29 is 9.90 Å². The first kappa shape index (κ1) is 14.8. The molecule has 0 aromatic rings. The summed E-state index contributed by atoms with van der Waals surface area (Å²) in [6.07, 6.45) is 6.41. The quantitative estimate of drug-likeness (QED) is 0.723. The molecular formula is C15H28N2O2. The molecule has 0 aromatic carbocycles. The van der Waals surface area contributed by atoms with Crippen LogP contribution in [0.1, 0.15) is 51.9 Å². The van der Waals surface area contributed by atoms with Crippen molar-refractivity contribution >= 4 is 5.91 Å². The van der Waals surface area contributed by atoms with Crippen molar-refractivity contribution in [2.24, 2.45) is 11.8 Å². The molecule has 1 aliphatic carbocycles. The van der Waals surface area contributed by atoms with Gasteiger partial charge in [0, 0.05) is 12.5 Å². The Morgan fingerprint density at radius 3 is 2.47 bits per heavy atom. The summed E-state index contributed by atoms with van der Waals surface area (Å²) >= 11 is 0. The van der Waals surface area contributed by atoms with Crippen molar-refractivity contribution in [3.63, 3.8) is 0 Å². The van der Waals surface area contributed by atoms with Gasteiger partial charge in [0.2, 0.25) is 5.91 Å². The van der Waals surface area contributed by atoms with E-state index in [1.807, 2.05) is 0 Å². The van der Waals surface area contributed by atoms with Gasteiger partial charge in [0.15, 0.2) is 0 Å². The van der Waals surface area contributed by atoms with E-state index in [0.29, 0.717) is 18.3 Å². The van der Waals surface area contributed by atoms with Gasteiger partial charge in [0.1, 0.15) is 0 Å². The number of hydrogen-bond donors (Lipinski definition) is 3. The van der Waals surface area contributed by atoms with E-state index in [4.69, 9.17) is 0 Å². The second kappa shape index (κ2) is 7.25. The molecule has 1 amide bonds. The number of carbonyl (C=O) groups is 1. The van der Waals surface area contributed by atoms with Gasteiger partial charge in [-0.15, -0.1) is 0 Å². The lowest BCUT2D eigenvalue weighted by atomic mass is 9.84. The summed E-state index contributed by atoms with van der Waals surface area (Å²) in [6.45, 7) is 4.40. The van der Waals surface area contributed by atoms with Crippen LogP contribution in [0, 0.1) is 11.8 Å². The van der Waals surface area contributed by atoms with Gasteiger partial charge in [-0.3, -0.25) is 4.79 Å². The van der Waals surface area contributed by atoms with Crippen LogP contribution in [0.3, 0.4) is 0 Å². The molecule has 2 aliphatic rings. The normalized spacial score (nSPS) is 30.8. The Bertz CT molecular complexity index is 282. The number of piperidine rings is 1. The minimum atomic E-state index is -0.151. The SMILES string of the molecule is CC(CC(=O)NC1CCC(O)CC1)C1CCNCC1. The molecule has 19 heavy (non-hydrogen) atoms. The van der Waals surface area contributed by atoms with Gasteiger partial charge >= 0.3 is 0 Å². The average molecular weight is 268 g/mol. The van der Waals surface area contributed by atoms with E-state index in [1.54, 1.807) is 0 Å². The lowest BCUT2D eigenvalue weighted by molar-refractivity contribution is -0.123. The van der Waals surface area contributed by atoms with Crippen molar-refractivity contribution in [1.29, 1.82) is 0 Å². The molecule has 4 nitrogen and oxygen atoms in total. The van der Waals surface area contributed by atoms with Crippen LogP contribution in [0.25, 0.3) is 0 Å². The van der Waals surface area contributed by atoms with Gasteiger partial charge < -0.3 is 15.7 Å². The van der Waals surface area contributed by atoms with Gasteiger partial charge in [-0.05, 0) is 63.5 Å². The number of hydrogen-bond acceptors (Lipinski definition) is 3. The van der Waals surface area contributed by atoms with E-state index in [9.17, 15) is 9.90 Å². The molecule has 2 rings (SSSR count). The second-order valence-corrected chi connectivity index (χ2v) is 6.34. The standard InChI is InChI=1S/C15H28N2O2/c1-11(12-6-8-16-9-7-12)10-15(19)17-13-2-4-14(18)5-3-13/h11-14,16,18H,2-10H2,1H3,(H,17,19). The third kappa shape index (κ3) is 4.77. The van der Waals surface area contributed by atoms with Crippen molar-refractivity contribution in [2.45, 2.75) is 64.0 Å². The average Bonchev–Trinajstić information content (AvgIpc) is 2.42. The maximum atomic E-state index is 12.1. The number of amides is 1. The number of rotatable bonds is 4. The third-order valence-electron chi connectivity index (χ3n) is 4.76. The molecule has 1 saturated carbocycles. The Balaban J connectivity index is 1.68. The zero-order valence-corrected chi connectivity index (χ0v) is 12.0. The van der Waals surface area contributed by atoms with Crippen molar-refractivity contribution in [2.75, 3.05) is 13.1 Å². The maximum Gasteiger partial charge on any atom is 0.220 e. The van der Waals surface area contributed by atoms with Crippen LogP contribution < -0.4 is 10.6 Å². The molecule has 3 N–H and O–H groups in total. The van der Waals surface area contributed by atoms with Crippen LogP contribution in [-0.2, 0) is 4.79 Å². The molecule has 110 valence electrons. The van der Waals surface area contributed by atoms with E-state index < -0.39 is 0 Å². The predicted molar refractivity (Wildman–Crippen MR) is 75.8 cm³/mol. The van der Waals surface area contributed by atoms with E-state index in [1.165, 1.54) is 12.8 Å². The maximum absolute atomic E-state index is 12.1. The minimum Gasteiger partial charge on any atom is -0.393 e. The van der Waals surface area contributed by atoms with Crippen LogP contribution in [0.4, 0.5) is 0 Å². The van der Waals surface area contributed by atoms with Crippen molar-refractivity contribution in [1.82, 2.24) is 10.6 Å². The first-order valence-corrected chi connectivity index (χ1v) is 7.83. The van der Waals surface area contributed by atoms with Gasteiger partial charge in [0.05, 0.1) is 6.10 Å². The summed E-state index contributed by atoms with van der Waals surface area (Å²) in [7, 11) is 0. The lowest BCUT2D eigenvalue weighted by Crippen LogP contribution is -2.40. The van der Waals surface area contributed by atoms with Gasteiger partial charge in [-0.2, -0.15) is 0 Å². The highest BCUT2D eigenvalue weighted by Gasteiger charge is 2.24. The highest BCUT2D eigenvalue weighted by Crippen LogP contribution is 2.24. The second-order valence-electron chi connectivity index (χ2n) is 6.34. The monoisotopic (exact) mass is 268 g/mol. The molecule has 1 saturated heterocycles. The molecule has 0 aromatic heterocycles. The molecule has 1 atom stereocenters. The number of nitrogens with one attached hydrogen (secondary N) is 2. The Kier molecular flexibility index (Phi) is 5.64. The Labute approximate surface area is 116 Å². The highest BCUT2D eigenvalue weighted by atomic mass is 16.3. The first-order chi connectivity index (χ1) is 9.15. The van der Waals surface area contributed by atoms with Crippen LogP contribution in [0.5, 0.6) is 0 Å². The Hall–Kier alpha value is -0.610. The van der Waals surface area contributed by atoms with E-state index in [2.05, 4.69) is 17.6 Å². The summed E-state index contributed by atoms with van der Waals surface area (Å²) in [4.78, 5) is 12.1. The zero-order valence-electron chi connectivity index (χ0n) is 12.0. The molecule has 0 bridgehead atoms. The van der Waals surface area contributed by atoms with E-state index >= 15 is 0 Å².